The molecule has 0 bridgehead atoms. The minimum absolute atomic E-state index is 0.0102. The van der Waals surface area contributed by atoms with Gasteiger partial charge in [-0.25, -0.2) is 0 Å². The van der Waals surface area contributed by atoms with Crippen LogP contribution in [0.15, 0.2) is 11.6 Å². The Morgan fingerprint density at radius 3 is 2.81 bits per heavy atom. The highest BCUT2D eigenvalue weighted by Gasteiger charge is 2.47. The molecule has 0 amide bonds. The lowest BCUT2D eigenvalue weighted by atomic mass is 9.59. The SMILES string of the molecule is C[C@@]12C=C(C=O)[C@@](O)(C=O)C[C@H]1CCCC2. The first kappa shape index (κ1) is 11.5. The Bertz CT molecular complexity index is 347. The second kappa shape index (κ2) is 3.81. The standard InChI is InChI=1S/C13H18O3/c1-12-5-3-2-4-10(12)7-13(16,9-15)11(6-12)8-14/h6,8-10,16H,2-5,7H2,1H3/t10-,12-,13+/m1/s1. The van der Waals surface area contributed by atoms with Gasteiger partial charge in [0.2, 0.25) is 0 Å². The van der Waals surface area contributed by atoms with Crippen molar-refractivity contribution in [3.8, 4) is 0 Å². The molecule has 1 fully saturated rings. The van der Waals surface area contributed by atoms with Gasteiger partial charge in [-0.2, -0.15) is 0 Å². The molecule has 1 N–H and O–H groups in total. The number of aliphatic hydroxyl groups is 1. The molecular formula is C13H18O3. The van der Waals surface area contributed by atoms with Gasteiger partial charge < -0.3 is 5.11 Å². The van der Waals surface area contributed by atoms with Crippen LogP contribution < -0.4 is 0 Å². The molecule has 16 heavy (non-hydrogen) atoms. The third kappa shape index (κ3) is 1.63. The largest absolute Gasteiger partial charge is 0.377 e. The van der Waals surface area contributed by atoms with Gasteiger partial charge in [0.25, 0.3) is 0 Å². The first-order valence-electron chi connectivity index (χ1n) is 5.91. The third-order valence-electron chi connectivity index (χ3n) is 4.32. The van der Waals surface area contributed by atoms with E-state index in [1.165, 1.54) is 0 Å². The van der Waals surface area contributed by atoms with E-state index in [-0.39, 0.29) is 11.0 Å². The predicted molar refractivity (Wildman–Crippen MR) is 59.8 cm³/mol. The van der Waals surface area contributed by atoms with Gasteiger partial charge in [-0.3, -0.25) is 9.59 Å². The topological polar surface area (TPSA) is 54.4 Å². The van der Waals surface area contributed by atoms with Gasteiger partial charge in [-0.15, -0.1) is 0 Å². The predicted octanol–water partition coefficient (Wildman–Crippen LogP) is 1.64. The highest BCUT2D eigenvalue weighted by Crippen LogP contribution is 2.50. The zero-order valence-corrected chi connectivity index (χ0v) is 9.61. The molecule has 0 aliphatic heterocycles. The van der Waals surface area contributed by atoms with Crippen molar-refractivity contribution < 1.29 is 14.7 Å². The van der Waals surface area contributed by atoms with Crippen molar-refractivity contribution in [1.29, 1.82) is 0 Å². The molecule has 2 rings (SSSR count). The molecule has 2 aliphatic carbocycles. The molecule has 2 aliphatic rings. The molecule has 1 saturated carbocycles. The number of carbonyl (C=O) groups excluding carboxylic acids is 2. The molecule has 0 heterocycles. The number of carbonyl (C=O) groups is 2. The van der Waals surface area contributed by atoms with Gasteiger partial charge in [0, 0.05) is 5.57 Å². The van der Waals surface area contributed by atoms with E-state index in [2.05, 4.69) is 6.92 Å². The quantitative estimate of drug-likeness (QED) is 0.723. The van der Waals surface area contributed by atoms with Crippen LogP contribution in [0.5, 0.6) is 0 Å². The van der Waals surface area contributed by atoms with Gasteiger partial charge in [0.15, 0.2) is 6.29 Å². The third-order valence-corrected chi connectivity index (χ3v) is 4.32. The van der Waals surface area contributed by atoms with Crippen molar-refractivity contribution in [3.63, 3.8) is 0 Å². The Hall–Kier alpha value is -0.960. The van der Waals surface area contributed by atoms with E-state index in [1.54, 1.807) is 0 Å². The normalized spacial score (nSPS) is 43.1. The van der Waals surface area contributed by atoms with Gasteiger partial charge in [0.1, 0.15) is 11.9 Å². The van der Waals surface area contributed by atoms with Crippen LogP contribution in [-0.4, -0.2) is 23.3 Å². The summed E-state index contributed by atoms with van der Waals surface area (Å²) in [5.74, 6) is 0.320. The lowest BCUT2D eigenvalue weighted by molar-refractivity contribution is -0.127. The zero-order chi connectivity index (χ0) is 11.8. The second-order valence-corrected chi connectivity index (χ2v) is 5.41. The smallest absolute Gasteiger partial charge is 0.156 e. The molecule has 3 atom stereocenters. The van der Waals surface area contributed by atoms with Crippen LogP contribution in [0.25, 0.3) is 0 Å². The maximum Gasteiger partial charge on any atom is 0.156 e. The summed E-state index contributed by atoms with van der Waals surface area (Å²) in [5, 5.41) is 10.1. The minimum Gasteiger partial charge on any atom is -0.377 e. The Morgan fingerprint density at radius 2 is 2.19 bits per heavy atom. The average molecular weight is 222 g/mol. The molecule has 3 heteroatoms. The Balaban J connectivity index is 2.42. The van der Waals surface area contributed by atoms with Crippen molar-refractivity contribution >= 4 is 12.6 Å². The lowest BCUT2D eigenvalue weighted by Gasteiger charge is -2.46. The fraction of sp³-hybridized carbons (Fsp3) is 0.692. The monoisotopic (exact) mass is 222 g/mol. The first-order valence-corrected chi connectivity index (χ1v) is 5.91. The van der Waals surface area contributed by atoms with Gasteiger partial charge in [0.05, 0.1) is 0 Å². The number of aldehydes is 2. The number of allylic oxidation sites excluding steroid dienone is 1. The van der Waals surface area contributed by atoms with E-state index in [0.717, 1.165) is 25.7 Å². The van der Waals surface area contributed by atoms with Crippen LogP contribution in [0.1, 0.15) is 39.0 Å². The number of hydrogen-bond acceptors (Lipinski definition) is 3. The summed E-state index contributed by atoms with van der Waals surface area (Å²) in [6, 6.07) is 0. The van der Waals surface area contributed by atoms with E-state index < -0.39 is 5.60 Å². The summed E-state index contributed by atoms with van der Waals surface area (Å²) in [6.45, 7) is 2.13. The first-order chi connectivity index (χ1) is 7.54. The summed E-state index contributed by atoms with van der Waals surface area (Å²) < 4.78 is 0. The number of rotatable bonds is 2. The lowest BCUT2D eigenvalue weighted by Crippen LogP contribution is -2.46. The summed E-state index contributed by atoms with van der Waals surface area (Å²) in [6.07, 6.45) is 7.78. The molecule has 0 saturated heterocycles. The van der Waals surface area contributed by atoms with Crippen molar-refractivity contribution in [1.82, 2.24) is 0 Å². The van der Waals surface area contributed by atoms with Crippen LogP contribution >= 0.6 is 0 Å². The van der Waals surface area contributed by atoms with Gasteiger partial charge >= 0.3 is 0 Å². The highest BCUT2D eigenvalue weighted by molar-refractivity contribution is 5.87. The van der Waals surface area contributed by atoms with Crippen LogP contribution in [-0.2, 0) is 9.59 Å². The van der Waals surface area contributed by atoms with E-state index in [0.29, 0.717) is 24.9 Å². The number of hydrogen-bond donors (Lipinski definition) is 1. The van der Waals surface area contributed by atoms with Crippen LogP contribution in [0.3, 0.4) is 0 Å². The zero-order valence-electron chi connectivity index (χ0n) is 9.61. The van der Waals surface area contributed by atoms with Crippen LogP contribution in [0, 0.1) is 11.3 Å². The molecule has 0 radical (unpaired) electrons. The van der Waals surface area contributed by atoms with Crippen LogP contribution in [0.4, 0.5) is 0 Å². The maximum atomic E-state index is 11.0. The van der Waals surface area contributed by atoms with Crippen molar-refractivity contribution in [3.05, 3.63) is 11.6 Å². The molecule has 3 nitrogen and oxygen atoms in total. The Labute approximate surface area is 95.5 Å². The summed E-state index contributed by atoms with van der Waals surface area (Å²) in [7, 11) is 0. The summed E-state index contributed by atoms with van der Waals surface area (Å²) in [5.41, 5.74) is -1.30. The molecule has 0 aromatic rings. The van der Waals surface area contributed by atoms with Crippen molar-refractivity contribution in [2.45, 2.75) is 44.6 Å². The Morgan fingerprint density at radius 1 is 1.44 bits per heavy atom. The second-order valence-electron chi connectivity index (χ2n) is 5.41. The van der Waals surface area contributed by atoms with Crippen LogP contribution in [0.2, 0.25) is 0 Å². The highest BCUT2D eigenvalue weighted by atomic mass is 16.3. The Kier molecular flexibility index (Phi) is 2.74. The fourth-order valence-electron chi connectivity index (χ4n) is 3.18. The summed E-state index contributed by atoms with van der Waals surface area (Å²) in [4.78, 5) is 21.9. The minimum atomic E-state index is -1.54. The van der Waals surface area contributed by atoms with E-state index in [9.17, 15) is 14.7 Å². The maximum absolute atomic E-state index is 11.0. The van der Waals surface area contributed by atoms with E-state index in [4.69, 9.17) is 0 Å². The van der Waals surface area contributed by atoms with Crippen molar-refractivity contribution in [2.75, 3.05) is 0 Å². The summed E-state index contributed by atoms with van der Waals surface area (Å²) >= 11 is 0. The molecule has 0 aromatic carbocycles. The molecule has 0 aromatic heterocycles. The molecular weight excluding hydrogens is 204 g/mol. The van der Waals surface area contributed by atoms with E-state index in [1.807, 2.05) is 6.08 Å². The number of fused-ring (bicyclic) bond motifs is 1. The fourth-order valence-corrected chi connectivity index (χ4v) is 3.18. The molecule has 0 unspecified atom stereocenters. The van der Waals surface area contributed by atoms with E-state index >= 15 is 0 Å². The average Bonchev–Trinajstić information content (AvgIpc) is 2.29. The van der Waals surface area contributed by atoms with Gasteiger partial charge in [-0.05, 0) is 30.6 Å². The molecule has 0 spiro atoms. The van der Waals surface area contributed by atoms with Crippen molar-refractivity contribution in [2.24, 2.45) is 11.3 Å². The molecule has 88 valence electrons. The van der Waals surface area contributed by atoms with Gasteiger partial charge in [-0.1, -0.05) is 25.8 Å².